The highest BCUT2D eigenvalue weighted by Crippen LogP contribution is 2.13. The van der Waals surface area contributed by atoms with Gasteiger partial charge in [0.1, 0.15) is 0 Å². The van der Waals surface area contributed by atoms with Gasteiger partial charge in [-0.05, 0) is 24.6 Å². The molecule has 0 amide bonds. The Morgan fingerprint density at radius 2 is 2.00 bits per heavy atom. The minimum atomic E-state index is -3.44. The third-order valence-corrected chi connectivity index (χ3v) is 4.45. The van der Waals surface area contributed by atoms with Crippen LogP contribution >= 0.6 is 0 Å². The maximum atomic E-state index is 12.1. The van der Waals surface area contributed by atoms with Crippen molar-refractivity contribution >= 4 is 10.0 Å². The van der Waals surface area contributed by atoms with Crippen LogP contribution in [-0.2, 0) is 23.5 Å². The standard InChI is InChI=1S/C13H17N3O2S/c1-11-5-3-4-6-13(11)19(17,18)14-9-7-12-8-10-16(2)15-12/h3-6,8,10,14H,7,9H2,1-2H3. The third kappa shape index (κ3) is 3.42. The zero-order valence-corrected chi connectivity index (χ0v) is 11.8. The molecule has 102 valence electrons. The molecule has 0 spiro atoms. The van der Waals surface area contributed by atoms with Gasteiger partial charge in [-0.2, -0.15) is 5.10 Å². The molecule has 0 aliphatic carbocycles. The van der Waals surface area contributed by atoms with E-state index >= 15 is 0 Å². The lowest BCUT2D eigenvalue weighted by Crippen LogP contribution is -2.26. The van der Waals surface area contributed by atoms with Crippen molar-refractivity contribution in [2.45, 2.75) is 18.2 Å². The summed E-state index contributed by atoms with van der Waals surface area (Å²) in [6.45, 7) is 2.13. The van der Waals surface area contributed by atoms with E-state index in [2.05, 4.69) is 9.82 Å². The van der Waals surface area contributed by atoms with Crippen molar-refractivity contribution in [3.05, 3.63) is 47.8 Å². The van der Waals surface area contributed by atoms with E-state index in [-0.39, 0.29) is 0 Å². The topological polar surface area (TPSA) is 64.0 Å². The molecule has 1 N–H and O–H groups in total. The molecule has 0 fully saturated rings. The van der Waals surface area contributed by atoms with Crippen LogP contribution in [0.3, 0.4) is 0 Å². The predicted molar refractivity (Wildman–Crippen MR) is 73.3 cm³/mol. The Kier molecular flexibility index (Phi) is 4.01. The molecule has 0 saturated heterocycles. The molecule has 0 aliphatic rings. The number of aryl methyl sites for hydroxylation is 2. The fourth-order valence-electron chi connectivity index (χ4n) is 1.85. The van der Waals surface area contributed by atoms with Crippen LogP contribution in [-0.4, -0.2) is 24.7 Å². The van der Waals surface area contributed by atoms with Gasteiger partial charge in [0.05, 0.1) is 10.6 Å². The first kappa shape index (κ1) is 13.8. The highest BCUT2D eigenvalue weighted by Gasteiger charge is 2.15. The summed E-state index contributed by atoms with van der Waals surface area (Å²) < 4.78 is 28.5. The van der Waals surface area contributed by atoms with E-state index in [0.717, 1.165) is 11.3 Å². The summed E-state index contributed by atoms with van der Waals surface area (Å²) in [5, 5.41) is 4.20. The van der Waals surface area contributed by atoms with Crippen LogP contribution in [0, 0.1) is 6.92 Å². The van der Waals surface area contributed by atoms with E-state index < -0.39 is 10.0 Å². The highest BCUT2D eigenvalue weighted by atomic mass is 32.2. The third-order valence-electron chi connectivity index (χ3n) is 2.83. The molecule has 0 saturated carbocycles. The second kappa shape index (κ2) is 5.54. The summed E-state index contributed by atoms with van der Waals surface area (Å²) in [4.78, 5) is 0.330. The first-order valence-corrected chi connectivity index (χ1v) is 7.51. The maximum absolute atomic E-state index is 12.1. The lowest BCUT2D eigenvalue weighted by atomic mass is 10.2. The molecule has 0 bridgehead atoms. The van der Waals surface area contributed by atoms with Gasteiger partial charge in [0.15, 0.2) is 0 Å². The van der Waals surface area contributed by atoms with Gasteiger partial charge in [0, 0.05) is 26.2 Å². The minimum absolute atomic E-state index is 0.330. The number of rotatable bonds is 5. The van der Waals surface area contributed by atoms with Crippen LogP contribution in [0.5, 0.6) is 0 Å². The first-order valence-electron chi connectivity index (χ1n) is 6.03. The van der Waals surface area contributed by atoms with E-state index in [0.29, 0.717) is 17.9 Å². The van der Waals surface area contributed by atoms with E-state index in [4.69, 9.17) is 0 Å². The molecule has 0 radical (unpaired) electrons. The Hall–Kier alpha value is -1.66. The first-order chi connectivity index (χ1) is 8.99. The zero-order chi connectivity index (χ0) is 13.9. The smallest absolute Gasteiger partial charge is 0.240 e. The van der Waals surface area contributed by atoms with Crippen molar-refractivity contribution in [1.29, 1.82) is 0 Å². The lowest BCUT2D eigenvalue weighted by Gasteiger charge is -2.08. The average Bonchev–Trinajstić information content (AvgIpc) is 2.75. The maximum Gasteiger partial charge on any atom is 0.240 e. The second-order valence-electron chi connectivity index (χ2n) is 4.39. The van der Waals surface area contributed by atoms with Crippen molar-refractivity contribution in [3.63, 3.8) is 0 Å². The summed E-state index contributed by atoms with van der Waals surface area (Å²) in [6, 6.07) is 8.82. The molecule has 0 atom stereocenters. The second-order valence-corrected chi connectivity index (χ2v) is 6.13. The molecule has 19 heavy (non-hydrogen) atoms. The molecule has 5 nitrogen and oxygen atoms in total. The van der Waals surface area contributed by atoms with Crippen molar-refractivity contribution in [2.24, 2.45) is 7.05 Å². The van der Waals surface area contributed by atoms with Gasteiger partial charge in [0.2, 0.25) is 10.0 Å². The molecular weight excluding hydrogens is 262 g/mol. The largest absolute Gasteiger partial charge is 0.276 e. The van der Waals surface area contributed by atoms with Gasteiger partial charge < -0.3 is 0 Å². The van der Waals surface area contributed by atoms with Crippen LogP contribution in [0.25, 0.3) is 0 Å². The minimum Gasteiger partial charge on any atom is -0.276 e. The van der Waals surface area contributed by atoms with Gasteiger partial charge in [-0.25, -0.2) is 13.1 Å². The Labute approximate surface area is 113 Å². The highest BCUT2D eigenvalue weighted by molar-refractivity contribution is 7.89. The summed E-state index contributed by atoms with van der Waals surface area (Å²) >= 11 is 0. The molecular formula is C13H17N3O2S. The van der Waals surface area contributed by atoms with Crippen molar-refractivity contribution in [2.75, 3.05) is 6.54 Å². The van der Waals surface area contributed by atoms with Gasteiger partial charge in [-0.3, -0.25) is 4.68 Å². The average molecular weight is 279 g/mol. The van der Waals surface area contributed by atoms with E-state index in [1.54, 1.807) is 29.8 Å². The summed E-state index contributed by atoms with van der Waals surface area (Å²) in [5.41, 5.74) is 1.61. The van der Waals surface area contributed by atoms with Crippen LogP contribution in [0.15, 0.2) is 41.4 Å². The van der Waals surface area contributed by atoms with E-state index in [1.165, 1.54) is 0 Å². The molecule has 0 aliphatic heterocycles. The number of hydrogen-bond acceptors (Lipinski definition) is 3. The normalized spacial score (nSPS) is 11.7. The lowest BCUT2D eigenvalue weighted by molar-refractivity contribution is 0.580. The van der Waals surface area contributed by atoms with Crippen molar-refractivity contribution in [3.8, 4) is 0 Å². The van der Waals surface area contributed by atoms with E-state index in [1.807, 2.05) is 25.4 Å². The van der Waals surface area contributed by atoms with Crippen molar-refractivity contribution in [1.82, 2.24) is 14.5 Å². The number of hydrogen-bond donors (Lipinski definition) is 1. The number of sulfonamides is 1. The number of benzene rings is 1. The molecule has 1 aromatic carbocycles. The summed E-state index contributed by atoms with van der Waals surface area (Å²) in [7, 11) is -1.60. The fraction of sp³-hybridized carbons (Fsp3) is 0.308. The molecule has 2 aromatic rings. The molecule has 0 unspecified atom stereocenters. The molecule has 1 aromatic heterocycles. The number of nitrogens with one attached hydrogen (secondary N) is 1. The zero-order valence-electron chi connectivity index (χ0n) is 11.0. The van der Waals surface area contributed by atoms with E-state index in [9.17, 15) is 8.42 Å². The molecule has 1 heterocycles. The number of aromatic nitrogens is 2. The Balaban J connectivity index is 2.01. The number of nitrogens with zero attached hydrogens (tertiary/aromatic N) is 2. The molecule has 2 rings (SSSR count). The van der Waals surface area contributed by atoms with Crippen LogP contribution in [0.1, 0.15) is 11.3 Å². The SMILES string of the molecule is Cc1ccccc1S(=O)(=O)NCCc1ccn(C)n1. The van der Waals surface area contributed by atoms with Gasteiger partial charge in [-0.15, -0.1) is 0 Å². The van der Waals surface area contributed by atoms with Crippen LogP contribution in [0.4, 0.5) is 0 Å². The van der Waals surface area contributed by atoms with Gasteiger partial charge in [0.25, 0.3) is 0 Å². The Bertz CT molecular complexity index is 662. The van der Waals surface area contributed by atoms with Crippen LogP contribution < -0.4 is 4.72 Å². The quantitative estimate of drug-likeness (QED) is 0.896. The van der Waals surface area contributed by atoms with Crippen LogP contribution in [0.2, 0.25) is 0 Å². The Morgan fingerprint density at radius 1 is 1.26 bits per heavy atom. The Morgan fingerprint density at radius 3 is 2.63 bits per heavy atom. The predicted octanol–water partition coefficient (Wildman–Crippen LogP) is 1.25. The van der Waals surface area contributed by atoms with Gasteiger partial charge >= 0.3 is 0 Å². The monoisotopic (exact) mass is 279 g/mol. The molecule has 6 heteroatoms. The summed E-state index contributed by atoms with van der Waals surface area (Å²) in [5.74, 6) is 0. The van der Waals surface area contributed by atoms with Crippen molar-refractivity contribution < 1.29 is 8.42 Å². The van der Waals surface area contributed by atoms with Gasteiger partial charge in [-0.1, -0.05) is 18.2 Å². The summed E-state index contributed by atoms with van der Waals surface area (Å²) in [6.07, 6.45) is 2.41. The fourth-order valence-corrected chi connectivity index (χ4v) is 3.12.